The molecule has 0 spiro atoms. The molecule has 3 nitrogen and oxygen atoms in total. The molecule has 1 aromatic heterocycles. The second-order valence-corrected chi connectivity index (χ2v) is 9.30. The first-order chi connectivity index (χ1) is 15.7. The van der Waals surface area contributed by atoms with Crippen molar-refractivity contribution in [1.82, 2.24) is 9.97 Å². The highest BCUT2D eigenvalue weighted by Crippen LogP contribution is 2.27. The Morgan fingerprint density at radius 1 is 0.812 bits per heavy atom. The molecule has 3 heteroatoms. The summed E-state index contributed by atoms with van der Waals surface area (Å²) >= 11 is 0. The van der Waals surface area contributed by atoms with Gasteiger partial charge in [0.1, 0.15) is 5.75 Å². The molecular weight excluding hydrogens is 392 g/mol. The van der Waals surface area contributed by atoms with Crippen LogP contribution in [0.3, 0.4) is 0 Å². The number of unbranched alkanes of at least 4 members (excludes halogenated alkanes) is 9. The van der Waals surface area contributed by atoms with Gasteiger partial charge in [0.15, 0.2) is 5.82 Å². The van der Waals surface area contributed by atoms with Crippen molar-refractivity contribution >= 4 is 0 Å². The van der Waals surface area contributed by atoms with E-state index in [4.69, 9.17) is 9.72 Å². The van der Waals surface area contributed by atoms with Gasteiger partial charge in [0.25, 0.3) is 0 Å². The van der Waals surface area contributed by atoms with Crippen molar-refractivity contribution < 1.29 is 4.74 Å². The van der Waals surface area contributed by atoms with Crippen LogP contribution in [0.25, 0.3) is 11.4 Å². The van der Waals surface area contributed by atoms with Gasteiger partial charge in [-0.25, -0.2) is 9.97 Å². The van der Waals surface area contributed by atoms with Crippen molar-refractivity contribution in [2.45, 2.75) is 111 Å². The molecule has 0 aliphatic rings. The summed E-state index contributed by atoms with van der Waals surface area (Å²) in [6.45, 7) is 7.63. The highest BCUT2D eigenvalue weighted by molar-refractivity contribution is 5.63. The molecule has 1 aromatic carbocycles. The van der Waals surface area contributed by atoms with Crippen LogP contribution in [-0.2, 0) is 6.42 Å². The minimum Gasteiger partial charge on any atom is -0.493 e. The number of ether oxygens (including phenoxy) is 1. The van der Waals surface area contributed by atoms with Gasteiger partial charge >= 0.3 is 0 Å². The van der Waals surface area contributed by atoms with E-state index >= 15 is 0 Å². The lowest BCUT2D eigenvalue weighted by atomic mass is 10.0. The summed E-state index contributed by atoms with van der Waals surface area (Å²) in [6.07, 6.45) is 19.9. The monoisotopic (exact) mass is 438 g/mol. The molecular formula is C29H46N2O. The van der Waals surface area contributed by atoms with E-state index in [1.54, 1.807) is 0 Å². The number of rotatable bonds is 18. The van der Waals surface area contributed by atoms with Crippen LogP contribution in [0.2, 0.25) is 0 Å². The van der Waals surface area contributed by atoms with E-state index in [1.165, 1.54) is 77.0 Å². The standard InChI is InChI=1S/C29H46N2O/c1-4-6-7-8-9-10-11-12-13-19-26-22-23-30-29(31-26)27-20-14-15-21-28(27)32-24-17-16-18-25(3)5-2/h14-15,20-23,25H,4-13,16-19,24H2,1-3H3. The summed E-state index contributed by atoms with van der Waals surface area (Å²) < 4.78 is 6.13. The van der Waals surface area contributed by atoms with Crippen LogP contribution in [0.15, 0.2) is 36.5 Å². The second kappa shape index (κ2) is 16.7. The third kappa shape index (κ3) is 10.6. The Balaban J connectivity index is 1.77. The van der Waals surface area contributed by atoms with Gasteiger partial charge in [-0.1, -0.05) is 97.1 Å². The Hall–Kier alpha value is -1.90. The zero-order valence-electron chi connectivity index (χ0n) is 21.0. The van der Waals surface area contributed by atoms with Gasteiger partial charge < -0.3 is 4.74 Å². The molecule has 0 N–H and O–H groups in total. The Morgan fingerprint density at radius 3 is 2.28 bits per heavy atom. The van der Waals surface area contributed by atoms with Gasteiger partial charge in [0, 0.05) is 11.9 Å². The molecule has 2 aromatic rings. The highest BCUT2D eigenvalue weighted by Gasteiger charge is 2.10. The van der Waals surface area contributed by atoms with Crippen molar-refractivity contribution in [3.63, 3.8) is 0 Å². The molecule has 2 rings (SSSR count). The average Bonchev–Trinajstić information content (AvgIpc) is 2.83. The minimum absolute atomic E-state index is 0.756. The lowest BCUT2D eigenvalue weighted by molar-refractivity contribution is 0.300. The first-order valence-corrected chi connectivity index (χ1v) is 13.3. The molecule has 0 aliphatic heterocycles. The quantitative estimate of drug-likeness (QED) is 0.218. The normalized spacial score (nSPS) is 12.1. The van der Waals surface area contributed by atoms with E-state index < -0.39 is 0 Å². The average molecular weight is 439 g/mol. The van der Waals surface area contributed by atoms with Crippen LogP contribution in [0.1, 0.15) is 110 Å². The lowest BCUT2D eigenvalue weighted by Crippen LogP contribution is -2.02. The Morgan fingerprint density at radius 2 is 1.53 bits per heavy atom. The van der Waals surface area contributed by atoms with Crippen LogP contribution in [0, 0.1) is 5.92 Å². The van der Waals surface area contributed by atoms with Crippen molar-refractivity contribution in [1.29, 1.82) is 0 Å². The molecule has 0 saturated carbocycles. The van der Waals surface area contributed by atoms with E-state index in [2.05, 4.69) is 37.9 Å². The lowest BCUT2D eigenvalue weighted by Gasteiger charge is -2.12. The summed E-state index contributed by atoms with van der Waals surface area (Å²) in [6, 6.07) is 10.3. The SMILES string of the molecule is CCCCCCCCCCCc1ccnc(-c2ccccc2OCCCCC(C)CC)n1. The topological polar surface area (TPSA) is 35.0 Å². The molecule has 178 valence electrons. The maximum Gasteiger partial charge on any atom is 0.163 e. The molecule has 1 unspecified atom stereocenters. The van der Waals surface area contributed by atoms with Gasteiger partial charge in [0.2, 0.25) is 0 Å². The molecule has 0 radical (unpaired) electrons. The predicted octanol–water partition coefficient (Wildman–Crippen LogP) is 8.81. The zero-order valence-corrected chi connectivity index (χ0v) is 21.0. The van der Waals surface area contributed by atoms with Gasteiger partial charge in [0.05, 0.1) is 12.2 Å². The molecule has 0 bridgehead atoms. The van der Waals surface area contributed by atoms with E-state index in [9.17, 15) is 0 Å². The van der Waals surface area contributed by atoms with Crippen molar-refractivity contribution in [2.75, 3.05) is 6.61 Å². The number of hydrogen-bond acceptors (Lipinski definition) is 3. The van der Waals surface area contributed by atoms with E-state index in [0.717, 1.165) is 48.2 Å². The number of aromatic nitrogens is 2. The smallest absolute Gasteiger partial charge is 0.163 e. The third-order valence-electron chi connectivity index (χ3n) is 6.42. The third-order valence-corrected chi connectivity index (χ3v) is 6.42. The van der Waals surface area contributed by atoms with Crippen molar-refractivity contribution in [3.8, 4) is 17.1 Å². The van der Waals surface area contributed by atoms with Crippen LogP contribution in [-0.4, -0.2) is 16.6 Å². The summed E-state index contributed by atoms with van der Waals surface area (Å²) in [4.78, 5) is 9.41. The number of nitrogens with zero attached hydrogens (tertiary/aromatic N) is 2. The number of benzene rings is 1. The molecule has 0 amide bonds. The van der Waals surface area contributed by atoms with Gasteiger partial charge in [-0.15, -0.1) is 0 Å². The summed E-state index contributed by atoms with van der Waals surface area (Å²) in [5, 5.41) is 0. The molecule has 1 atom stereocenters. The van der Waals surface area contributed by atoms with Gasteiger partial charge in [-0.3, -0.25) is 0 Å². The van der Waals surface area contributed by atoms with Crippen molar-refractivity contribution in [2.24, 2.45) is 5.92 Å². The fourth-order valence-electron chi connectivity index (χ4n) is 4.04. The summed E-state index contributed by atoms with van der Waals surface area (Å²) in [7, 11) is 0. The molecule has 0 saturated heterocycles. The van der Waals surface area contributed by atoms with E-state index in [1.807, 2.05) is 24.4 Å². The highest BCUT2D eigenvalue weighted by atomic mass is 16.5. The maximum absolute atomic E-state index is 6.13. The van der Waals surface area contributed by atoms with Gasteiger partial charge in [-0.2, -0.15) is 0 Å². The Kier molecular flexibility index (Phi) is 13.7. The van der Waals surface area contributed by atoms with E-state index in [0.29, 0.717) is 0 Å². The predicted molar refractivity (Wildman–Crippen MR) is 137 cm³/mol. The molecule has 0 aliphatic carbocycles. The Bertz CT molecular complexity index is 731. The largest absolute Gasteiger partial charge is 0.493 e. The van der Waals surface area contributed by atoms with Crippen LogP contribution >= 0.6 is 0 Å². The molecule has 32 heavy (non-hydrogen) atoms. The molecule has 0 fully saturated rings. The van der Waals surface area contributed by atoms with Crippen LogP contribution in [0.5, 0.6) is 5.75 Å². The fraction of sp³-hybridized carbons (Fsp3) is 0.655. The number of para-hydroxylation sites is 1. The van der Waals surface area contributed by atoms with Gasteiger partial charge in [-0.05, 0) is 49.8 Å². The number of aryl methyl sites for hydroxylation is 1. The van der Waals surface area contributed by atoms with E-state index in [-0.39, 0.29) is 0 Å². The first-order valence-electron chi connectivity index (χ1n) is 13.3. The van der Waals surface area contributed by atoms with Crippen LogP contribution < -0.4 is 4.74 Å². The summed E-state index contributed by atoms with van der Waals surface area (Å²) in [5.74, 6) is 2.49. The second-order valence-electron chi connectivity index (χ2n) is 9.30. The van der Waals surface area contributed by atoms with Crippen LogP contribution in [0.4, 0.5) is 0 Å². The number of hydrogen-bond donors (Lipinski definition) is 0. The fourth-order valence-corrected chi connectivity index (χ4v) is 4.04. The minimum atomic E-state index is 0.756. The molecule has 1 heterocycles. The maximum atomic E-state index is 6.13. The zero-order chi connectivity index (χ0) is 22.9. The Labute approximate surface area is 197 Å². The first kappa shape index (κ1) is 26.4. The summed E-state index contributed by atoms with van der Waals surface area (Å²) in [5.41, 5.74) is 2.14. The van der Waals surface area contributed by atoms with Crippen molar-refractivity contribution in [3.05, 3.63) is 42.2 Å².